The first-order chi connectivity index (χ1) is 11.0. The molecule has 1 amide bonds. The highest BCUT2D eigenvalue weighted by Gasteiger charge is 2.08. The fourth-order valence-corrected chi connectivity index (χ4v) is 2.87. The number of benzene rings is 1. The van der Waals surface area contributed by atoms with E-state index in [1.54, 1.807) is 18.2 Å². The van der Waals surface area contributed by atoms with Crippen LogP contribution in [0.15, 0.2) is 39.9 Å². The van der Waals surface area contributed by atoms with Crippen LogP contribution in [0.2, 0.25) is 5.02 Å². The SMILES string of the molecule is O=C(COc1ccc(Br)cc1Cl)N/N=C/c1ccc([N+](=O)[O-])s1. The first-order valence-electron chi connectivity index (χ1n) is 6.09. The molecule has 0 bridgehead atoms. The zero-order valence-electron chi connectivity index (χ0n) is 11.4. The molecule has 0 spiro atoms. The number of ether oxygens (including phenoxy) is 1. The van der Waals surface area contributed by atoms with Gasteiger partial charge in [0.2, 0.25) is 0 Å². The Kier molecular flexibility index (Phi) is 6.08. The first-order valence-corrected chi connectivity index (χ1v) is 8.08. The molecule has 23 heavy (non-hydrogen) atoms. The fraction of sp³-hybridized carbons (Fsp3) is 0.0769. The van der Waals surface area contributed by atoms with Crippen molar-refractivity contribution in [1.29, 1.82) is 0 Å². The van der Waals surface area contributed by atoms with Crippen LogP contribution in [0.1, 0.15) is 4.88 Å². The number of nitrogens with one attached hydrogen (secondary N) is 1. The molecule has 10 heteroatoms. The average molecular weight is 419 g/mol. The van der Waals surface area contributed by atoms with Gasteiger partial charge in [-0.2, -0.15) is 5.10 Å². The largest absolute Gasteiger partial charge is 0.482 e. The molecule has 0 saturated heterocycles. The van der Waals surface area contributed by atoms with Gasteiger partial charge in [-0.05, 0) is 24.3 Å². The predicted octanol–water partition coefficient (Wildman–Crippen LogP) is 3.60. The van der Waals surface area contributed by atoms with E-state index in [0.29, 0.717) is 15.6 Å². The molecule has 0 unspecified atom stereocenters. The lowest BCUT2D eigenvalue weighted by atomic mass is 10.3. The van der Waals surface area contributed by atoms with E-state index in [9.17, 15) is 14.9 Å². The molecule has 0 fully saturated rings. The van der Waals surface area contributed by atoms with Gasteiger partial charge in [0.05, 0.1) is 21.0 Å². The summed E-state index contributed by atoms with van der Waals surface area (Å²) in [6.07, 6.45) is 1.32. The van der Waals surface area contributed by atoms with Gasteiger partial charge in [0.1, 0.15) is 5.75 Å². The standard InChI is InChI=1S/C13H9BrClN3O4S/c14-8-1-3-11(10(15)5-8)22-7-12(19)17-16-6-9-2-4-13(23-9)18(20)21/h1-6H,7H2,(H,17,19)/b16-6+. The van der Waals surface area contributed by atoms with Crippen molar-refractivity contribution in [3.05, 3.63) is 54.8 Å². The molecule has 2 aromatic rings. The van der Waals surface area contributed by atoms with Crippen LogP contribution in [-0.4, -0.2) is 23.7 Å². The Bertz CT molecular complexity index is 765. The number of halogens is 2. The van der Waals surface area contributed by atoms with Crippen LogP contribution in [0, 0.1) is 10.1 Å². The monoisotopic (exact) mass is 417 g/mol. The predicted molar refractivity (Wildman–Crippen MR) is 91.4 cm³/mol. The second kappa shape index (κ2) is 8.04. The number of thiophene rings is 1. The molecular formula is C13H9BrClN3O4S. The van der Waals surface area contributed by atoms with E-state index in [4.69, 9.17) is 16.3 Å². The van der Waals surface area contributed by atoms with Crippen LogP contribution in [0.3, 0.4) is 0 Å². The molecule has 0 aliphatic carbocycles. The van der Waals surface area contributed by atoms with Gasteiger partial charge in [0.15, 0.2) is 6.61 Å². The second-order valence-corrected chi connectivity index (χ2v) is 6.51. The van der Waals surface area contributed by atoms with E-state index in [0.717, 1.165) is 15.8 Å². The van der Waals surface area contributed by atoms with Crippen LogP contribution in [0.5, 0.6) is 5.75 Å². The van der Waals surface area contributed by atoms with Gasteiger partial charge in [-0.3, -0.25) is 14.9 Å². The van der Waals surface area contributed by atoms with Crippen molar-refractivity contribution in [3.63, 3.8) is 0 Å². The van der Waals surface area contributed by atoms with E-state index in [-0.39, 0.29) is 11.6 Å². The van der Waals surface area contributed by atoms with Gasteiger partial charge >= 0.3 is 5.00 Å². The molecule has 0 aliphatic heterocycles. The van der Waals surface area contributed by atoms with Gasteiger partial charge in [-0.25, -0.2) is 5.43 Å². The summed E-state index contributed by atoms with van der Waals surface area (Å²) < 4.78 is 6.07. The third-order valence-corrected chi connectivity index (χ3v) is 4.19. The number of hydrazone groups is 1. The normalized spacial score (nSPS) is 10.7. The number of rotatable bonds is 6. The van der Waals surface area contributed by atoms with E-state index < -0.39 is 10.8 Å². The van der Waals surface area contributed by atoms with Gasteiger partial charge < -0.3 is 4.74 Å². The van der Waals surface area contributed by atoms with Crippen LogP contribution >= 0.6 is 38.9 Å². The number of nitrogens with zero attached hydrogens (tertiary/aromatic N) is 2. The molecule has 0 radical (unpaired) electrons. The minimum absolute atomic E-state index is 0.00555. The van der Waals surface area contributed by atoms with E-state index in [1.807, 2.05) is 0 Å². The van der Waals surface area contributed by atoms with Crippen molar-refractivity contribution in [2.45, 2.75) is 0 Å². The number of amides is 1. The minimum Gasteiger partial charge on any atom is -0.482 e. The Morgan fingerprint density at radius 3 is 2.91 bits per heavy atom. The molecule has 7 nitrogen and oxygen atoms in total. The topological polar surface area (TPSA) is 93.8 Å². The van der Waals surface area contributed by atoms with Crippen LogP contribution in [0.25, 0.3) is 0 Å². The Balaban J connectivity index is 1.82. The summed E-state index contributed by atoms with van der Waals surface area (Å²) >= 11 is 10.2. The van der Waals surface area contributed by atoms with Gasteiger partial charge in [-0.15, -0.1) is 0 Å². The van der Waals surface area contributed by atoms with Crippen LogP contribution < -0.4 is 10.2 Å². The number of nitro groups is 1. The quantitative estimate of drug-likeness (QED) is 0.440. The van der Waals surface area contributed by atoms with Crippen molar-refractivity contribution in [1.82, 2.24) is 5.43 Å². The Labute approximate surface area is 148 Å². The Morgan fingerprint density at radius 1 is 1.48 bits per heavy atom. The maximum absolute atomic E-state index is 11.6. The molecule has 120 valence electrons. The lowest BCUT2D eigenvalue weighted by Gasteiger charge is -2.06. The van der Waals surface area contributed by atoms with Crippen molar-refractivity contribution < 1.29 is 14.5 Å². The molecule has 1 aromatic carbocycles. The molecular weight excluding hydrogens is 410 g/mol. The summed E-state index contributed by atoms with van der Waals surface area (Å²) in [4.78, 5) is 22.2. The number of hydrogen-bond acceptors (Lipinski definition) is 6. The van der Waals surface area contributed by atoms with E-state index >= 15 is 0 Å². The van der Waals surface area contributed by atoms with E-state index in [1.165, 1.54) is 18.3 Å². The van der Waals surface area contributed by atoms with Crippen LogP contribution in [0.4, 0.5) is 5.00 Å². The van der Waals surface area contributed by atoms with Crippen LogP contribution in [-0.2, 0) is 4.79 Å². The molecule has 1 N–H and O–H groups in total. The summed E-state index contributed by atoms with van der Waals surface area (Å²) in [6, 6.07) is 7.92. The molecule has 0 atom stereocenters. The van der Waals surface area contributed by atoms with Gasteiger partial charge in [-0.1, -0.05) is 38.9 Å². The Morgan fingerprint density at radius 2 is 2.26 bits per heavy atom. The van der Waals surface area contributed by atoms with Crippen molar-refractivity contribution >= 4 is 56.0 Å². The molecule has 1 aromatic heterocycles. The summed E-state index contributed by atoms with van der Waals surface area (Å²) in [6.45, 7) is -0.261. The molecule has 1 heterocycles. The summed E-state index contributed by atoms with van der Waals surface area (Å²) in [5.74, 6) is -0.103. The van der Waals surface area contributed by atoms with Crippen molar-refractivity contribution in [3.8, 4) is 5.75 Å². The molecule has 2 rings (SSSR count). The van der Waals surface area contributed by atoms with Crippen molar-refractivity contribution in [2.24, 2.45) is 5.10 Å². The Hall–Kier alpha value is -1.97. The highest BCUT2D eigenvalue weighted by atomic mass is 79.9. The summed E-state index contributed by atoms with van der Waals surface area (Å²) in [5, 5.41) is 14.6. The lowest BCUT2D eigenvalue weighted by Crippen LogP contribution is -2.24. The smallest absolute Gasteiger partial charge is 0.324 e. The second-order valence-electron chi connectivity index (χ2n) is 4.09. The van der Waals surface area contributed by atoms with Gasteiger partial charge in [0.25, 0.3) is 5.91 Å². The fourth-order valence-electron chi connectivity index (χ4n) is 1.45. The molecule has 0 saturated carbocycles. The maximum Gasteiger partial charge on any atom is 0.324 e. The third kappa shape index (κ3) is 5.31. The highest BCUT2D eigenvalue weighted by molar-refractivity contribution is 9.10. The number of carbonyl (C=O) groups excluding carboxylic acids is 1. The zero-order valence-corrected chi connectivity index (χ0v) is 14.5. The minimum atomic E-state index is -0.490. The maximum atomic E-state index is 11.6. The van der Waals surface area contributed by atoms with Crippen molar-refractivity contribution in [2.75, 3.05) is 6.61 Å². The lowest BCUT2D eigenvalue weighted by molar-refractivity contribution is -0.380. The van der Waals surface area contributed by atoms with Gasteiger partial charge in [0, 0.05) is 10.5 Å². The highest BCUT2D eigenvalue weighted by Crippen LogP contribution is 2.27. The zero-order chi connectivity index (χ0) is 16.8. The molecule has 0 aliphatic rings. The third-order valence-electron chi connectivity index (χ3n) is 2.43. The number of carbonyl (C=O) groups is 1. The summed E-state index contributed by atoms with van der Waals surface area (Å²) in [5.41, 5.74) is 2.26. The summed E-state index contributed by atoms with van der Waals surface area (Å²) in [7, 11) is 0. The first kappa shape index (κ1) is 17.4. The number of hydrogen-bond donors (Lipinski definition) is 1. The van der Waals surface area contributed by atoms with E-state index in [2.05, 4.69) is 26.5 Å². The average Bonchev–Trinajstić information content (AvgIpc) is 2.95.